The first kappa shape index (κ1) is 12.6. The largest absolute Gasteiger partial charge is 0.308 e. The molecule has 0 amide bonds. The molecule has 0 aliphatic heterocycles. The lowest BCUT2D eigenvalue weighted by atomic mass is 10.2. The molecule has 2 aromatic rings. The minimum absolute atomic E-state index is 0.177. The number of hydrogen-bond donors (Lipinski definition) is 1. The molecule has 0 bridgehead atoms. The van der Waals surface area contributed by atoms with Gasteiger partial charge in [-0.2, -0.15) is 0 Å². The summed E-state index contributed by atoms with van der Waals surface area (Å²) in [5.41, 5.74) is 0.990. The lowest BCUT2D eigenvalue weighted by molar-refractivity contribution is 0.625. The summed E-state index contributed by atoms with van der Waals surface area (Å²) in [5.74, 6) is -0.371. The maximum Gasteiger partial charge on any atom is 0.141 e. The number of nitrogens with one attached hydrogen (secondary N) is 1. The van der Waals surface area contributed by atoms with Crippen LogP contribution in [0.25, 0.3) is 0 Å². The molecule has 0 saturated heterocycles. The van der Waals surface area contributed by atoms with Gasteiger partial charge in [0.1, 0.15) is 5.82 Å². The molecule has 0 aliphatic carbocycles. The second kappa shape index (κ2) is 5.63. The molecule has 1 aromatic heterocycles. The van der Waals surface area contributed by atoms with E-state index in [-0.39, 0.29) is 10.8 Å². The van der Waals surface area contributed by atoms with Crippen molar-refractivity contribution in [2.24, 2.45) is 0 Å². The molecule has 0 spiro atoms. The van der Waals surface area contributed by atoms with Gasteiger partial charge >= 0.3 is 0 Å². The Morgan fingerprint density at radius 3 is 2.71 bits per heavy atom. The van der Waals surface area contributed by atoms with E-state index >= 15 is 0 Å². The van der Waals surface area contributed by atoms with E-state index in [1.807, 2.05) is 0 Å². The first-order valence-corrected chi connectivity index (χ1v) is 6.54. The summed E-state index contributed by atoms with van der Waals surface area (Å²) in [6, 6.07) is 9.02. The summed E-state index contributed by atoms with van der Waals surface area (Å²) in [5, 5.41) is 3.48. The van der Waals surface area contributed by atoms with Gasteiger partial charge in [0.2, 0.25) is 0 Å². The van der Waals surface area contributed by atoms with Crippen LogP contribution >= 0.6 is 22.9 Å². The normalized spacial score (nSPS) is 10.8. The van der Waals surface area contributed by atoms with Gasteiger partial charge in [0.05, 0.1) is 5.02 Å². The van der Waals surface area contributed by atoms with Gasteiger partial charge in [0, 0.05) is 22.8 Å². The Bertz CT molecular complexity index is 510. The Morgan fingerprint density at radius 2 is 2.06 bits per heavy atom. The predicted octanol–water partition coefficient (Wildman–Crippen LogP) is 4.14. The first-order chi connectivity index (χ1) is 8.15. The van der Waals surface area contributed by atoms with Gasteiger partial charge in [-0.05, 0) is 36.8 Å². The number of hydrogen-bond acceptors (Lipinski definition) is 2. The van der Waals surface area contributed by atoms with Crippen LogP contribution in [0.1, 0.15) is 15.3 Å². The van der Waals surface area contributed by atoms with Crippen molar-refractivity contribution in [1.82, 2.24) is 5.32 Å². The number of aryl methyl sites for hydroxylation is 1. The standard InChI is InChI=1S/C13H13ClFNS/c1-9-2-4-11(17-9)8-16-7-10-3-5-13(15)12(14)6-10/h2-6,16H,7-8H2,1H3. The summed E-state index contributed by atoms with van der Waals surface area (Å²) in [4.78, 5) is 2.61. The van der Waals surface area contributed by atoms with Gasteiger partial charge in [0.15, 0.2) is 0 Å². The topological polar surface area (TPSA) is 12.0 Å². The molecule has 0 fully saturated rings. The van der Waals surface area contributed by atoms with E-state index in [2.05, 4.69) is 24.4 Å². The predicted molar refractivity (Wildman–Crippen MR) is 71.0 cm³/mol. The summed E-state index contributed by atoms with van der Waals surface area (Å²) in [7, 11) is 0. The molecule has 0 radical (unpaired) electrons. The first-order valence-electron chi connectivity index (χ1n) is 5.35. The summed E-state index contributed by atoms with van der Waals surface area (Å²) < 4.78 is 12.9. The van der Waals surface area contributed by atoms with Crippen LogP contribution in [0.15, 0.2) is 30.3 Å². The third kappa shape index (κ3) is 3.53. The molecule has 1 heterocycles. The maximum absolute atomic E-state index is 12.9. The molecule has 1 nitrogen and oxygen atoms in total. The molecular weight excluding hydrogens is 257 g/mol. The smallest absolute Gasteiger partial charge is 0.141 e. The molecule has 2 rings (SSSR count). The molecule has 0 atom stereocenters. The van der Waals surface area contributed by atoms with Crippen molar-refractivity contribution in [2.75, 3.05) is 0 Å². The fourth-order valence-corrected chi connectivity index (χ4v) is 2.62. The minimum Gasteiger partial charge on any atom is -0.308 e. The van der Waals surface area contributed by atoms with E-state index in [1.165, 1.54) is 15.8 Å². The highest BCUT2D eigenvalue weighted by molar-refractivity contribution is 7.11. The van der Waals surface area contributed by atoms with Gasteiger partial charge in [-0.25, -0.2) is 4.39 Å². The zero-order chi connectivity index (χ0) is 12.3. The second-order valence-corrected chi connectivity index (χ2v) is 5.64. The van der Waals surface area contributed by atoms with E-state index in [1.54, 1.807) is 23.5 Å². The summed E-state index contributed by atoms with van der Waals surface area (Å²) in [6.07, 6.45) is 0. The third-order valence-corrected chi connectivity index (χ3v) is 3.70. The van der Waals surface area contributed by atoms with Crippen molar-refractivity contribution in [3.05, 3.63) is 56.5 Å². The molecule has 4 heteroatoms. The van der Waals surface area contributed by atoms with Crippen LogP contribution < -0.4 is 5.32 Å². The lowest BCUT2D eigenvalue weighted by Gasteiger charge is -2.04. The maximum atomic E-state index is 12.9. The van der Waals surface area contributed by atoms with Crippen LogP contribution in [-0.4, -0.2) is 0 Å². The molecule has 1 aromatic carbocycles. The fraction of sp³-hybridized carbons (Fsp3) is 0.231. The molecule has 0 saturated carbocycles. The molecular formula is C13H13ClFNS. The van der Waals surface area contributed by atoms with Crippen molar-refractivity contribution in [3.63, 3.8) is 0 Å². The highest BCUT2D eigenvalue weighted by Crippen LogP contribution is 2.17. The molecule has 90 valence electrons. The van der Waals surface area contributed by atoms with Crippen molar-refractivity contribution in [3.8, 4) is 0 Å². The van der Waals surface area contributed by atoms with Crippen LogP contribution in [0, 0.1) is 12.7 Å². The highest BCUT2D eigenvalue weighted by atomic mass is 35.5. The van der Waals surface area contributed by atoms with E-state index in [4.69, 9.17) is 11.6 Å². The van der Waals surface area contributed by atoms with Crippen molar-refractivity contribution >= 4 is 22.9 Å². The zero-order valence-corrected chi connectivity index (χ0v) is 11.0. The number of benzene rings is 1. The summed E-state index contributed by atoms with van der Waals surface area (Å²) >= 11 is 7.49. The van der Waals surface area contributed by atoms with Crippen molar-refractivity contribution in [1.29, 1.82) is 0 Å². The quantitative estimate of drug-likeness (QED) is 0.880. The van der Waals surface area contributed by atoms with Gasteiger partial charge in [0.25, 0.3) is 0 Å². The third-order valence-electron chi connectivity index (χ3n) is 2.41. The molecule has 0 aliphatic rings. The van der Waals surface area contributed by atoms with Crippen LogP contribution in [0.4, 0.5) is 4.39 Å². The Balaban J connectivity index is 1.87. The lowest BCUT2D eigenvalue weighted by Crippen LogP contribution is -2.11. The Morgan fingerprint density at radius 1 is 1.24 bits per heavy atom. The molecule has 0 unspecified atom stereocenters. The molecule has 17 heavy (non-hydrogen) atoms. The fourth-order valence-electron chi connectivity index (χ4n) is 1.56. The monoisotopic (exact) mass is 269 g/mol. The number of halogens is 2. The van der Waals surface area contributed by atoms with E-state index < -0.39 is 0 Å². The van der Waals surface area contributed by atoms with E-state index in [9.17, 15) is 4.39 Å². The average Bonchev–Trinajstić information content (AvgIpc) is 2.70. The number of thiophene rings is 1. The van der Waals surface area contributed by atoms with E-state index in [0.29, 0.717) is 6.54 Å². The second-order valence-electron chi connectivity index (χ2n) is 3.86. The SMILES string of the molecule is Cc1ccc(CNCc2ccc(F)c(Cl)c2)s1. The Hall–Kier alpha value is -0.900. The Kier molecular flexibility index (Phi) is 4.15. The van der Waals surface area contributed by atoms with Crippen LogP contribution in [0.2, 0.25) is 5.02 Å². The number of rotatable bonds is 4. The van der Waals surface area contributed by atoms with Gasteiger partial charge < -0.3 is 5.32 Å². The minimum atomic E-state index is -0.371. The zero-order valence-electron chi connectivity index (χ0n) is 9.47. The Labute approximate surface area is 109 Å². The van der Waals surface area contributed by atoms with E-state index in [0.717, 1.165) is 12.1 Å². The molecule has 1 N–H and O–H groups in total. The van der Waals surface area contributed by atoms with Crippen LogP contribution in [0.5, 0.6) is 0 Å². The van der Waals surface area contributed by atoms with Crippen molar-refractivity contribution < 1.29 is 4.39 Å². The highest BCUT2D eigenvalue weighted by Gasteiger charge is 2.01. The van der Waals surface area contributed by atoms with Crippen LogP contribution in [-0.2, 0) is 13.1 Å². The van der Waals surface area contributed by atoms with Crippen molar-refractivity contribution in [2.45, 2.75) is 20.0 Å². The van der Waals surface area contributed by atoms with Gasteiger partial charge in [-0.1, -0.05) is 17.7 Å². The van der Waals surface area contributed by atoms with Gasteiger partial charge in [-0.3, -0.25) is 0 Å². The summed E-state index contributed by atoms with van der Waals surface area (Å²) in [6.45, 7) is 3.61. The average molecular weight is 270 g/mol. The van der Waals surface area contributed by atoms with Crippen LogP contribution in [0.3, 0.4) is 0 Å². The van der Waals surface area contributed by atoms with Gasteiger partial charge in [-0.15, -0.1) is 11.3 Å².